The Kier molecular flexibility index (Phi) is 4.39. The Morgan fingerprint density at radius 2 is 2.06 bits per heavy atom. The van der Waals surface area contributed by atoms with E-state index in [9.17, 15) is 13.6 Å². The number of carbonyl (C=O) groups is 1. The second-order valence-corrected chi connectivity index (χ2v) is 3.46. The molecule has 0 aliphatic heterocycles. The van der Waals surface area contributed by atoms with E-state index < -0.39 is 17.5 Å². The Labute approximate surface area is 97.6 Å². The van der Waals surface area contributed by atoms with Gasteiger partial charge in [0, 0.05) is 19.2 Å². The van der Waals surface area contributed by atoms with Gasteiger partial charge in [0.2, 0.25) is 0 Å². The molecule has 3 N–H and O–H groups in total. The number of hydrogen-bond donors (Lipinski definition) is 2. The van der Waals surface area contributed by atoms with Crippen LogP contribution in [0.2, 0.25) is 0 Å². The number of benzene rings is 1. The molecule has 0 radical (unpaired) electrons. The quantitative estimate of drug-likeness (QED) is 0.776. The van der Waals surface area contributed by atoms with Gasteiger partial charge in [-0.1, -0.05) is 0 Å². The maximum atomic E-state index is 13.4. The van der Waals surface area contributed by atoms with Gasteiger partial charge in [0.05, 0.1) is 17.9 Å². The van der Waals surface area contributed by atoms with Gasteiger partial charge in [0.25, 0.3) is 5.91 Å². The van der Waals surface area contributed by atoms with Crippen LogP contribution in [-0.2, 0) is 0 Å². The van der Waals surface area contributed by atoms with Gasteiger partial charge >= 0.3 is 0 Å². The third-order valence-electron chi connectivity index (χ3n) is 2.36. The van der Waals surface area contributed by atoms with Gasteiger partial charge in [-0.3, -0.25) is 4.79 Å². The van der Waals surface area contributed by atoms with Crippen molar-refractivity contribution in [1.82, 2.24) is 4.90 Å². The largest absolute Gasteiger partial charge is 0.396 e. The van der Waals surface area contributed by atoms with Crippen LogP contribution in [0.1, 0.15) is 17.3 Å². The van der Waals surface area contributed by atoms with E-state index in [1.54, 1.807) is 6.92 Å². The van der Waals surface area contributed by atoms with Gasteiger partial charge in [-0.15, -0.1) is 0 Å². The van der Waals surface area contributed by atoms with Gasteiger partial charge in [0.15, 0.2) is 0 Å². The van der Waals surface area contributed by atoms with Crippen molar-refractivity contribution in [1.29, 1.82) is 0 Å². The second kappa shape index (κ2) is 5.58. The fraction of sp³-hybridized carbons (Fsp3) is 0.364. The molecule has 0 saturated heterocycles. The summed E-state index contributed by atoms with van der Waals surface area (Å²) in [5.41, 5.74) is 4.71. The van der Waals surface area contributed by atoms with Crippen molar-refractivity contribution in [2.24, 2.45) is 0 Å². The Balaban J connectivity index is 3.07. The molecule has 0 bridgehead atoms. The SMILES string of the molecule is CCN(CCO)C(=O)c1cc(N)c(F)cc1F. The Morgan fingerprint density at radius 3 is 2.59 bits per heavy atom. The highest BCUT2D eigenvalue weighted by molar-refractivity contribution is 5.95. The van der Waals surface area contributed by atoms with Crippen molar-refractivity contribution in [2.75, 3.05) is 25.4 Å². The summed E-state index contributed by atoms with van der Waals surface area (Å²) in [5.74, 6) is -2.48. The first-order chi connectivity index (χ1) is 8.01. The summed E-state index contributed by atoms with van der Waals surface area (Å²) >= 11 is 0. The number of nitrogens with zero attached hydrogens (tertiary/aromatic N) is 1. The molecule has 0 atom stereocenters. The van der Waals surface area contributed by atoms with Crippen molar-refractivity contribution >= 4 is 11.6 Å². The molecule has 0 fully saturated rings. The van der Waals surface area contributed by atoms with Crippen molar-refractivity contribution in [3.63, 3.8) is 0 Å². The van der Waals surface area contributed by atoms with Crippen LogP contribution >= 0.6 is 0 Å². The van der Waals surface area contributed by atoms with Gasteiger partial charge < -0.3 is 15.7 Å². The molecule has 4 nitrogen and oxygen atoms in total. The van der Waals surface area contributed by atoms with Gasteiger partial charge in [-0.05, 0) is 13.0 Å². The highest BCUT2D eigenvalue weighted by Crippen LogP contribution is 2.18. The molecule has 0 unspecified atom stereocenters. The average molecular weight is 244 g/mol. The summed E-state index contributed by atoms with van der Waals surface area (Å²) in [5, 5.41) is 8.76. The van der Waals surface area contributed by atoms with Crippen molar-refractivity contribution in [3.8, 4) is 0 Å². The predicted molar refractivity (Wildman–Crippen MR) is 59.4 cm³/mol. The third-order valence-corrected chi connectivity index (χ3v) is 2.36. The van der Waals surface area contributed by atoms with E-state index in [2.05, 4.69) is 0 Å². The summed E-state index contributed by atoms with van der Waals surface area (Å²) in [4.78, 5) is 13.1. The van der Waals surface area contributed by atoms with E-state index >= 15 is 0 Å². The first-order valence-electron chi connectivity index (χ1n) is 5.15. The van der Waals surface area contributed by atoms with Gasteiger partial charge in [-0.2, -0.15) is 0 Å². The molecule has 1 amide bonds. The van der Waals surface area contributed by atoms with Crippen LogP contribution in [0.15, 0.2) is 12.1 Å². The zero-order chi connectivity index (χ0) is 13.0. The molecule has 1 rings (SSSR count). The third kappa shape index (κ3) is 2.91. The summed E-state index contributed by atoms with van der Waals surface area (Å²) in [6.45, 7) is 1.87. The van der Waals surface area contributed by atoms with Crippen LogP contribution in [0.5, 0.6) is 0 Å². The molecule has 1 aromatic rings. The van der Waals surface area contributed by atoms with Crippen LogP contribution in [-0.4, -0.2) is 35.6 Å². The van der Waals surface area contributed by atoms with E-state index in [4.69, 9.17) is 10.8 Å². The van der Waals surface area contributed by atoms with Crippen molar-refractivity contribution < 1.29 is 18.7 Å². The Morgan fingerprint density at radius 1 is 1.41 bits per heavy atom. The van der Waals surface area contributed by atoms with Gasteiger partial charge in [0.1, 0.15) is 11.6 Å². The standard InChI is InChI=1S/C11H14F2N2O2/c1-2-15(3-4-16)11(17)7-5-10(14)9(13)6-8(7)12/h5-6,16H,2-4,14H2,1H3. The number of rotatable bonds is 4. The van der Waals surface area contributed by atoms with E-state index in [0.29, 0.717) is 12.6 Å². The Bertz CT molecular complexity index is 424. The smallest absolute Gasteiger partial charge is 0.256 e. The summed E-state index contributed by atoms with van der Waals surface area (Å²) < 4.78 is 26.3. The van der Waals surface area contributed by atoms with Crippen LogP contribution in [0.25, 0.3) is 0 Å². The molecule has 94 valence electrons. The maximum absolute atomic E-state index is 13.4. The van der Waals surface area contributed by atoms with Crippen LogP contribution in [0, 0.1) is 11.6 Å². The van der Waals surface area contributed by atoms with Crippen LogP contribution in [0.4, 0.5) is 14.5 Å². The fourth-order valence-electron chi connectivity index (χ4n) is 1.42. The minimum atomic E-state index is -0.960. The number of likely N-dealkylation sites (N-methyl/N-ethyl adjacent to an activating group) is 1. The van der Waals surface area contributed by atoms with Crippen molar-refractivity contribution in [2.45, 2.75) is 6.92 Å². The molecule has 0 aliphatic rings. The number of nitrogen functional groups attached to an aromatic ring is 1. The van der Waals surface area contributed by atoms with Crippen LogP contribution < -0.4 is 5.73 Å². The van der Waals surface area contributed by atoms with E-state index in [1.165, 1.54) is 4.90 Å². The highest BCUT2D eigenvalue weighted by Gasteiger charge is 2.19. The molecule has 0 saturated carbocycles. The number of hydrogen-bond acceptors (Lipinski definition) is 3. The lowest BCUT2D eigenvalue weighted by molar-refractivity contribution is 0.0727. The molecular weight excluding hydrogens is 230 g/mol. The number of carbonyl (C=O) groups excluding carboxylic acids is 1. The topological polar surface area (TPSA) is 66.6 Å². The molecular formula is C11H14F2N2O2. The zero-order valence-electron chi connectivity index (χ0n) is 9.41. The normalized spacial score (nSPS) is 10.4. The minimum absolute atomic E-state index is 0.0893. The molecule has 0 heterocycles. The Hall–Kier alpha value is -1.69. The number of halogens is 2. The highest BCUT2D eigenvalue weighted by atomic mass is 19.1. The second-order valence-electron chi connectivity index (χ2n) is 3.46. The van der Waals surface area contributed by atoms with E-state index in [1.807, 2.05) is 0 Å². The molecule has 0 aromatic heterocycles. The van der Waals surface area contributed by atoms with Crippen molar-refractivity contribution in [3.05, 3.63) is 29.3 Å². The lowest BCUT2D eigenvalue weighted by Gasteiger charge is -2.20. The number of aliphatic hydroxyl groups excluding tert-OH is 1. The number of amides is 1. The summed E-state index contributed by atoms with van der Waals surface area (Å²) in [6, 6.07) is 1.54. The fourth-order valence-corrected chi connectivity index (χ4v) is 1.42. The number of aliphatic hydroxyl groups is 1. The van der Waals surface area contributed by atoms with E-state index in [-0.39, 0.29) is 24.4 Å². The minimum Gasteiger partial charge on any atom is -0.396 e. The van der Waals surface area contributed by atoms with E-state index in [0.717, 1.165) is 6.07 Å². The van der Waals surface area contributed by atoms with Crippen LogP contribution in [0.3, 0.4) is 0 Å². The first-order valence-corrected chi connectivity index (χ1v) is 5.15. The lowest BCUT2D eigenvalue weighted by Crippen LogP contribution is -2.34. The molecule has 0 spiro atoms. The zero-order valence-corrected chi connectivity index (χ0v) is 9.41. The number of anilines is 1. The molecule has 6 heteroatoms. The summed E-state index contributed by atoms with van der Waals surface area (Å²) in [7, 11) is 0. The summed E-state index contributed by atoms with van der Waals surface area (Å²) in [6.07, 6.45) is 0. The average Bonchev–Trinajstić information content (AvgIpc) is 2.30. The predicted octanol–water partition coefficient (Wildman–Crippen LogP) is 1.00. The first kappa shape index (κ1) is 13.4. The maximum Gasteiger partial charge on any atom is 0.256 e. The lowest BCUT2D eigenvalue weighted by atomic mass is 10.1. The molecule has 17 heavy (non-hydrogen) atoms. The molecule has 1 aromatic carbocycles. The molecule has 0 aliphatic carbocycles. The number of nitrogens with two attached hydrogens (primary N) is 1. The monoisotopic (exact) mass is 244 g/mol. The van der Waals surface area contributed by atoms with Gasteiger partial charge in [-0.25, -0.2) is 8.78 Å².